The van der Waals surface area contributed by atoms with Crippen LogP contribution in [0, 0.1) is 0 Å². The van der Waals surface area contributed by atoms with E-state index in [2.05, 4.69) is 61.3 Å². The van der Waals surface area contributed by atoms with Gasteiger partial charge in [0.25, 0.3) is 0 Å². The highest BCUT2D eigenvalue weighted by Crippen LogP contribution is 2.31. The predicted molar refractivity (Wildman–Crippen MR) is 92.5 cm³/mol. The van der Waals surface area contributed by atoms with Crippen LogP contribution in [0.5, 0.6) is 0 Å². The summed E-state index contributed by atoms with van der Waals surface area (Å²) in [7, 11) is 4.29. The average Bonchev–Trinajstić information content (AvgIpc) is 2.86. The Bertz CT molecular complexity index is 461. The molecule has 0 radical (unpaired) electrons. The Kier molecular flexibility index (Phi) is 5.91. The highest BCUT2D eigenvalue weighted by molar-refractivity contribution is 6.31. The molecule has 1 aliphatic heterocycles. The summed E-state index contributed by atoms with van der Waals surface area (Å²) in [5.74, 6) is 0. The second-order valence-corrected chi connectivity index (χ2v) is 6.64. The number of hydrogen-bond acceptors (Lipinski definition) is 3. The van der Waals surface area contributed by atoms with Crippen LogP contribution in [0.3, 0.4) is 0 Å². The number of nitrogens with one attached hydrogen (secondary N) is 1. The van der Waals surface area contributed by atoms with Gasteiger partial charge in [0.2, 0.25) is 0 Å². The molecule has 0 amide bonds. The summed E-state index contributed by atoms with van der Waals surface area (Å²) in [4.78, 5) is 4.78. The molecule has 4 heteroatoms. The maximum absolute atomic E-state index is 6.51. The van der Waals surface area contributed by atoms with Gasteiger partial charge < -0.3 is 15.1 Å². The number of nitrogens with zero attached hydrogens (tertiary/aromatic N) is 2. The largest absolute Gasteiger partial charge is 0.367 e. The van der Waals surface area contributed by atoms with Gasteiger partial charge in [-0.25, -0.2) is 0 Å². The molecular weight excluding hydrogens is 282 g/mol. The molecule has 1 saturated heterocycles. The van der Waals surface area contributed by atoms with Crippen LogP contribution in [0.15, 0.2) is 18.2 Å². The van der Waals surface area contributed by atoms with E-state index in [1.54, 1.807) is 0 Å². The second kappa shape index (κ2) is 7.48. The SMILES string of the molecule is CCNC(C)c1ccc(N2CCCC2CN(C)C)cc1Cl. The van der Waals surface area contributed by atoms with Crippen molar-refractivity contribution < 1.29 is 0 Å². The fourth-order valence-electron chi connectivity index (χ4n) is 3.25. The average molecular weight is 310 g/mol. The van der Waals surface area contributed by atoms with Crippen LogP contribution in [0.25, 0.3) is 0 Å². The zero-order valence-electron chi connectivity index (χ0n) is 13.7. The molecule has 0 spiro atoms. The van der Waals surface area contributed by atoms with Gasteiger partial charge in [0.05, 0.1) is 0 Å². The minimum atomic E-state index is 0.299. The fourth-order valence-corrected chi connectivity index (χ4v) is 3.59. The minimum Gasteiger partial charge on any atom is -0.367 e. The van der Waals surface area contributed by atoms with Crippen LogP contribution < -0.4 is 10.2 Å². The number of likely N-dealkylation sites (N-methyl/N-ethyl adjacent to an activating group) is 1. The van der Waals surface area contributed by atoms with E-state index in [4.69, 9.17) is 11.6 Å². The third kappa shape index (κ3) is 4.12. The van der Waals surface area contributed by atoms with E-state index in [1.807, 2.05) is 0 Å². The summed E-state index contributed by atoms with van der Waals surface area (Å²) in [5.41, 5.74) is 2.45. The third-order valence-corrected chi connectivity index (χ3v) is 4.57. The first-order chi connectivity index (χ1) is 10.0. The molecular formula is C17H28ClN3. The molecule has 3 nitrogen and oxygen atoms in total. The highest BCUT2D eigenvalue weighted by Gasteiger charge is 2.25. The number of anilines is 1. The smallest absolute Gasteiger partial charge is 0.0474 e. The van der Waals surface area contributed by atoms with E-state index >= 15 is 0 Å². The van der Waals surface area contributed by atoms with Crippen molar-refractivity contribution in [2.75, 3.05) is 38.6 Å². The van der Waals surface area contributed by atoms with E-state index in [9.17, 15) is 0 Å². The van der Waals surface area contributed by atoms with Crippen molar-refractivity contribution in [1.29, 1.82) is 0 Å². The molecule has 1 fully saturated rings. The standard InChI is InChI=1S/C17H28ClN3/c1-5-19-13(2)16-9-8-14(11-17(16)18)21-10-6-7-15(21)12-20(3)4/h8-9,11,13,15,19H,5-7,10,12H2,1-4H3. The molecule has 21 heavy (non-hydrogen) atoms. The monoisotopic (exact) mass is 309 g/mol. The molecule has 0 aliphatic carbocycles. The Morgan fingerprint density at radius 2 is 2.19 bits per heavy atom. The Balaban J connectivity index is 2.15. The number of hydrogen-bond donors (Lipinski definition) is 1. The molecule has 0 saturated carbocycles. The van der Waals surface area contributed by atoms with Crippen molar-refractivity contribution in [3.05, 3.63) is 28.8 Å². The molecule has 118 valence electrons. The summed E-state index contributed by atoms with van der Waals surface area (Å²) in [5, 5.41) is 4.29. The van der Waals surface area contributed by atoms with Gasteiger partial charge in [0.15, 0.2) is 0 Å². The molecule has 1 N–H and O–H groups in total. The Morgan fingerprint density at radius 1 is 1.43 bits per heavy atom. The lowest BCUT2D eigenvalue weighted by Gasteiger charge is -2.29. The zero-order chi connectivity index (χ0) is 15.4. The lowest BCUT2D eigenvalue weighted by Crippen LogP contribution is -2.37. The van der Waals surface area contributed by atoms with Gasteiger partial charge in [-0.3, -0.25) is 0 Å². The van der Waals surface area contributed by atoms with Gasteiger partial charge in [0, 0.05) is 35.9 Å². The van der Waals surface area contributed by atoms with Gasteiger partial charge in [-0.05, 0) is 58.1 Å². The molecule has 2 rings (SSSR count). The van der Waals surface area contributed by atoms with Crippen molar-refractivity contribution in [2.45, 2.75) is 38.8 Å². The lowest BCUT2D eigenvalue weighted by molar-refractivity contribution is 0.372. The van der Waals surface area contributed by atoms with E-state index in [0.717, 1.165) is 24.7 Å². The van der Waals surface area contributed by atoms with Crippen molar-refractivity contribution in [2.24, 2.45) is 0 Å². The highest BCUT2D eigenvalue weighted by atomic mass is 35.5. The van der Waals surface area contributed by atoms with Crippen LogP contribution in [0.4, 0.5) is 5.69 Å². The Morgan fingerprint density at radius 3 is 2.81 bits per heavy atom. The number of rotatable bonds is 6. The van der Waals surface area contributed by atoms with Crippen LogP contribution in [-0.2, 0) is 0 Å². The first-order valence-electron chi connectivity index (χ1n) is 7.97. The third-order valence-electron chi connectivity index (χ3n) is 4.25. The molecule has 1 aromatic carbocycles. The van der Waals surface area contributed by atoms with E-state index in [0.29, 0.717) is 12.1 Å². The van der Waals surface area contributed by atoms with Gasteiger partial charge >= 0.3 is 0 Å². The molecule has 1 heterocycles. The van der Waals surface area contributed by atoms with Crippen LogP contribution in [-0.4, -0.2) is 44.7 Å². The summed E-state index contributed by atoms with van der Waals surface area (Å²) < 4.78 is 0. The van der Waals surface area contributed by atoms with Gasteiger partial charge in [-0.2, -0.15) is 0 Å². The van der Waals surface area contributed by atoms with Crippen LogP contribution in [0.2, 0.25) is 5.02 Å². The fraction of sp³-hybridized carbons (Fsp3) is 0.647. The van der Waals surface area contributed by atoms with Crippen molar-refractivity contribution in [3.63, 3.8) is 0 Å². The Labute approximate surface area is 134 Å². The number of benzene rings is 1. The van der Waals surface area contributed by atoms with Crippen molar-refractivity contribution >= 4 is 17.3 Å². The zero-order valence-corrected chi connectivity index (χ0v) is 14.5. The predicted octanol–water partition coefficient (Wildman–Crippen LogP) is 3.54. The topological polar surface area (TPSA) is 18.5 Å². The maximum Gasteiger partial charge on any atom is 0.0474 e. The van der Waals surface area contributed by atoms with Gasteiger partial charge in [0.1, 0.15) is 0 Å². The lowest BCUT2D eigenvalue weighted by atomic mass is 10.1. The normalized spacial score (nSPS) is 20.3. The summed E-state index contributed by atoms with van der Waals surface area (Å²) in [6.07, 6.45) is 2.54. The van der Waals surface area contributed by atoms with E-state index in [-0.39, 0.29) is 0 Å². The quantitative estimate of drug-likeness (QED) is 0.867. The van der Waals surface area contributed by atoms with Crippen molar-refractivity contribution in [1.82, 2.24) is 10.2 Å². The number of halogens is 1. The second-order valence-electron chi connectivity index (χ2n) is 6.24. The Hall–Kier alpha value is -0.770. The molecule has 0 bridgehead atoms. The van der Waals surface area contributed by atoms with Crippen LogP contribution >= 0.6 is 11.6 Å². The molecule has 1 aromatic rings. The summed E-state index contributed by atoms with van der Waals surface area (Å²) in [6.45, 7) is 7.48. The van der Waals surface area contributed by atoms with E-state index < -0.39 is 0 Å². The van der Waals surface area contributed by atoms with Crippen LogP contribution in [0.1, 0.15) is 38.3 Å². The summed E-state index contributed by atoms with van der Waals surface area (Å²) in [6, 6.07) is 7.44. The van der Waals surface area contributed by atoms with E-state index in [1.165, 1.54) is 24.1 Å². The summed E-state index contributed by atoms with van der Waals surface area (Å²) >= 11 is 6.51. The molecule has 2 atom stereocenters. The van der Waals surface area contributed by atoms with Gasteiger partial charge in [-0.15, -0.1) is 0 Å². The molecule has 0 aromatic heterocycles. The molecule has 1 aliphatic rings. The van der Waals surface area contributed by atoms with Gasteiger partial charge in [-0.1, -0.05) is 24.6 Å². The first-order valence-corrected chi connectivity index (χ1v) is 8.35. The van der Waals surface area contributed by atoms with Crippen molar-refractivity contribution in [3.8, 4) is 0 Å². The maximum atomic E-state index is 6.51. The molecule has 2 unspecified atom stereocenters. The first kappa shape index (κ1) is 16.6. The minimum absolute atomic E-state index is 0.299.